The normalized spacial score (nSPS) is 16.0. The molecule has 0 bridgehead atoms. The fraction of sp³-hybridized carbons (Fsp3) is 0.100. The van der Waals surface area contributed by atoms with Crippen LogP contribution in [0.5, 0.6) is 0 Å². The van der Waals surface area contributed by atoms with Crippen molar-refractivity contribution in [2.45, 2.75) is 12.8 Å². The zero-order chi connectivity index (χ0) is 13.4. The highest BCUT2D eigenvalue weighted by molar-refractivity contribution is 5.88. The Bertz CT molecular complexity index is 740. The monoisotopic (exact) mass is 256 g/mol. The highest BCUT2D eigenvalue weighted by Crippen LogP contribution is 2.32. The molecule has 0 heteroatoms. The third-order valence-corrected chi connectivity index (χ3v) is 4.16. The quantitative estimate of drug-likeness (QED) is 0.699. The molecule has 20 heavy (non-hydrogen) atoms. The number of fused-ring (bicyclic) bond motifs is 1. The Balaban J connectivity index is 1.62. The first kappa shape index (κ1) is 11.5. The van der Waals surface area contributed by atoms with Gasteiger partial charge in [-0.15, -0.1) is 0 Å². The highest BCUT2D eigenvalue weighted by Gasteiger charge is 2.13. The molecule has 0 N–H and O–H groups in total. The van der Waals surface area contributed by atoms with Crippen LogP contribution in [-0.4, -0.2) is 0 Å². The smallest absolute Gasteiger partial charge is 0.00137 e. The summed E-state index contributed by atoms with van der Waals surface area (Å²) >= 11 is 0. The van der Waals surface area contributed by atoms with Gasteiger partial charge in [0.1, 0.15) is 0 Å². The average molecular weight is 256 g/mol. The first-order valence-electron chi connectivity index (χ1n) is 7.15. The fourth-order valence-electron chi connectivity index (χ4n) is 3.03. The van der Waals surface area contributed by atoms with E-state index in [1.807, 2.05) is 0 Å². The second kappa shape index (κ2) is 4.64. The van der Waals surface area contributed by atoms with E-state index in [2.05, 4.69) is 72.8 Å². The second-order valence-electron chi connectivity index (χ2n) is 5.45. The Morgan fingerprint density at radius 2 is 1.50 bits per heavy atom. The molecule has 0 saturated heterocycles. The van der Waals surface area contributed by atoms with Gasteiger partial charge in [0.15, 0.2) is 0 Å². The Labute approximate surface area is 119 Å². The molecule has 0 nitrogen and oxygen atoms in total. The zero-order valence-corrected chi connectivity index (χ0v) is 11.3. The minimum Gasteiger partial charge on any atom is -0.0801 e. The van der Waals surface area contributed by atoms with E-state index in [9.17, 15) is 0 Å². The molecule has 0 unspecified atom stereocenters. The third-order valence-electron chi connectivity index (χ3n) is 4.16. The minimum absolute atomic E-state index is 1.06. The van der Waals surface area contributed by atoms with E-state index < -0.39 is 0 Å². The van der Waals surface area contributed by atoms with Crippen molar-refractivity contribution in [3.8, 4) is 0 Å². The molecule has 0 amide bonds. The molecule has 0 fully saturated rings. The molecular weight excluding hydrogens is 240 g/mol. The maximum Gasteiger partial charge on any atom is -0.00137 e. The molecule has 0 saturated carbocycles. The Morgan fingerprint density at radius 3 is 2.20 bits per heavy atom. The van der Waals surface area contributed by atoms with Crippen molar-refractivity contribution in [1.29, 1.82) is 0 Å². The number of benzene rings is 2. The summed E-state index contributed by atoms with van der Waals surface area (Å²) in [5, 5.41) is 0. The van der Waals surface area contributed by atoms with Crippen LogP contribution in [0.15, 0.2) is 66.8 Å². The summed E-state index contributed by atoms with van der Waals surface area (Å²) in [6, 6.07) is 17.7. The molecule has 0 aliphatic heterocycles. The molecule has 2 aromatic carbocycles. The standard InChI is InChI=1S/C20H16/c1-2-6-15(5-1)16-9-11-17(12-10-16)20-13-18-7-3-4-8-19(18)14-20/h1-5,7-13H,6,14H2. The van der Waals surface area contributed by atoms with Gasteiger partial charge in [-0.25, -0.2) is 0 Å². The van der Waals surface area contributed by atoms with E-state index in [-0.39, 0.29) is 0 Å². The Hall–Kier alpha value is -2.34. The molecule has 96 valence electrons. The molecule has 0 heterocycles. The van der Waals surface area contributed by atoms with Crippen molar-refractivity contribution in [1.82, 2.24) is 0 Å². The highest BCUT2D eigenvalue weighted by atomic mass is 14.2. The first-order chi connectivity index (χ1) is 9.90. The van der Waals surface area contributed by atoms with E-state index in [4.69, 9.17) is 0 Å². The van der Waals surface area contributed by atoms with Gasteiger partial charge < -0.3 is 0 Å². The predicted octanol–water partition coefficient (Wildman–Crippen LogP) is 5.13. The molecule has 0 spiro atoms. The summed E-state index contributed by atoms with van der Waals surface area (Å²) in [7, 11) is 0. The van der Waals surface area contributed by atoms with Gasteiger partial charge in [0.25, 0.3) is 0 Å². The summed E-state index contributed by atoms with van der Waals surface area (Å²) in [5.74, 6) is 0. The largest absolute Gasteiger partial charge is 0.0801 e. The van der Waals surface area contributed by atoms with Gasteiger partial charge in [0.2, 0.25) is 0 Å². The molecule has 2 aromatic rings. The fourth-order valence-corrected chi connectivity index (χ4v) is 3.03. The van der Waals surface area contributed by atoms with Crippen molar-refractivity contribution in [3.63, 3.8) is 0 Å². The SMILES string of the molecule is C1=CCC(c2ccc(C3=Cc4ccccc4C3)cc2)=C1. The van der Waals surface area contributed by atoms with Gasteiger partial charge in [-0.2, -0.15) is 0 Å². The van der Waals surface area contributed by atoms with Crippen LogP contribution in [0.3, 0.4) is 0 Å². The Kier molecular flexibility index (Phi) is 2.67. The lowest BCUT2D eigenvalue weighted by molar-refractivity contribution is 1.31. The van der Waals surface area contributed by atoms with Crippen LogP contribution in [-0.2, 0) is 6.42 Å². The lowest BCUT2D eigenvalue weighted by Gasteiger charge is -2.06. The summed E-state index contributed by atoms with van der Waals surface area (Å²) in [4.78, 5) is 0. The lowest BCUT2D eigenvalue weighted by Crippen LogP contribution is -1.87. The maximum atomic E-state index is 2.32. The molecule has 0 atom stereocenters. The lowest BCUT2D eigenvalue weighted by atomic mass is 9.99. The van der Waals surface area contributed by atoms with Gasteiger partial charge in [-0.3, -0.25) is 0 Å². The summed E-state index contributed by atoms with van der Waals surface area (Å²) in [6.45, 7) is 0. The van der Waals surface area contributed by atoms with Crippen molar-refractivity contribution >= 4 is 17.2 Å². The van der Waals surface area contributed by atoms with Crippen LogP contribution in [0.4, 0.5) is 0 Å². The average Bonchev–Trinajstić information content (AvgIpc) is 3.17. The van der Waals surface area contributed by atoms with Crippen molar-refractivity contribution < 1.29 is 0 Å². The van der Waals surface area contributed by atoms with Crippen LogP contribution in [0, 0.1) is 0 Å². The topological polar surface area (TPSA) is 0 Å². The molecule has 2 aliphatic rings. The molecule has 2 aliphatic carbocycles. The number of allylic oxidation sites excluding steroid dienone is 5. The summed E-state index contributed by atoms with van der Waals surface area (Å²) in [6.07, 6.45) is 11.0. The third kappa shape index (κ3) is 1.94. The second-order valence-corrected chi connectivity index (χ2v) is 5.45. The van der Waals surface area contributed by atoms with Crippen molar-refractivity contribution in [2.75, 3.05) is 0 Å². The van der Waals surface area contributed by atoms with Gasteiger partial charge >= 0.3 is 0 Å². The first-order valence-corrected chi connectivity index (χ1v) is 7.15. The van der Waals surface area contributed by atoms with Crippen molar-refractivity contribution in [2.24, 2.45) is 0 Å². The zero-order valence-electron chi connectivity index (χ0n) is 11.3. The van der Waals surface area contributed by atoms with E-state index >= 15 is 0 Å². The number of hydrogen-bond acceptors (Lipinski definition) is 0. The van der Waals surface area contributed by atoms with Gasteiger partial charge in [-0.1, -0.05) is 72.8 Å². The molecular formula is C20H16. The van der Waals surface area contributed by atoms with Crippen LogP contribution in [0.25, 0.3) is 17.2 Å². The van der Waals surface area contributed by atoms with E-state index in [1.54, 1.807) is 0 Å². The molecule has 0 radical (unpaired) electrons. The van der Waals surface area contributed by atoms with Gasteiger partial charge in [0, 0.05) is 0 Å². The van der Waals surface area contributed by atoms with E-state index in [0.717, 1.165) is 12.8 Å². The van der Waals surface area contributed by atoms with Crippen LogP contribution < -0.4 is 0 Å². The van der Waals surface area contributed by atoms with E-state index in [1.165, 1.54) is 33.4 Å². The van der Waals surface area contributed by atoms with Crippen LogP contribution in [0.1, 0.15) is 28.7 Å². The predicted molar refractivity (Wildman–Crippen MR) is 86.2 cm³/mol. The van der Waals surface area contributed by atoms with Crippen molar-refractivity contribution in [3.05, 3.63) is 89.0 Å². The maximum absolute atomic E-state index is 2.32. The van der Waals surface area contributed by atoms with Crippen LogP contribution in [0.2, 0.25) is 0 Å². The number of rotatable bonds is 2. The van der Waals surface area contributed by atoms with E-state index in [0.29, 0.717) is 0 Å². The summed E-state index contributed by atoms with van der Waals surface area (Å²) < 4.78 is 0. The molecule has 0 aromatic heterocycles. The number of hydrogen-bond donors (Lipinski definition) is 0. The molecule has 4 rings (SSSR count). The van der Waals surface area contributed by atoms with Crippen LogP contribution >= 0.6 is 0 Å². The van der Waals surface area contributed by atoms with Gasteiger partial charge in [0.05, 0.1) is 0 Å². The Morgan fingerprint density at radius 1 is 0.750 bits per heavy atom. The minimum atomic E-state index is 1.06. The summed E-state index contributed by atoms with van der Waals surface area (Å²) in [5.41, 5.74) is 8.34. The van der Waals surface area contributed by atoms with Gasteiger partial charge in [-0.05, 0) is 46.2 Å².